The summed E-state index contributed by atoms with van der Waals surface area (Å²) >= 11 is 12.0. The van der Waals surface area contributed by atoms with Crippen molar-refractivity contribution in [2.75, 3.05) is 25.7 Å². The van der Waals surface area contributed by atoms with Crippen LogP contribution in [0.3, 0.4) is 0 Å². The molecule has 1 heterocycles. The van der Waals surface area contributed by atoms with Crippen LogP contribution in [0.4, 0.5) is 5.69 Å². The Kier molecular flexibility index (Phi) is 5.81. The number of hydrogen-bond acceptors (Lipinski definition) is 3. The van der Waals surface area contributed by atoms with Gasteiger partial charge in [-0.25, -0.2) is 0 Å². The molecule has 3 rings (SSSR count). The van der Waals surface area contributed by atoms with E-state index in [9.17, 15) is 4.79 Å². The Morgan fingerprint density at radius 1 is 1.20 bits per heavy atom. The molecular formula is C18H19Cl2N2O3+. The molecule has 1 atom stereocenters. The first-order valence-electron chi connectivity index (χ1n) is 7.90. The lowest BCUT2D eigenvalue weighted by atomic mass is 10.1. The standard InChI is InChI=1S/C18H18Cl2N2O3/c1-22(9-17(23)21-16-4-2-14(19)3-5-16)8-12-6-15(20)7-13-10-24-11-25-18(12)13/h2-7H,8-11H2,1H3,(H,21,23)/p+1. The number of hydrogen-bond donors (Lipinski definition) is 2. The van der Waals surface area contributed by atoms with Crippen molar-refractivity contribution >= 4 is 34.8 Å². The maximum Gasteiger partial charge on any atom is 0.279 e. The molecule has 2 aromatic rings. The number of nitrogens with one attached hydrogen (secondary N) is 2. The molecule has 25 heavy (non-hydrogen) atoms. The van der Waals surface area contributed by atoms with E-state index in [-0.39, 0.29) is 12.7 Å². The van der Waals surface area contributed by atoms with Crippen LogP contribution in [-0.4, -0.2) is 26.3 Å². The molecule has 2 N–H and O–H groups in total. The van der Waals surface area contributed by atoms with Crippen LogP contribution in [0.2, 0.25) is 10.0 Å². The third kappa shape index (κ3) is 4.86. The first kappa shape index (κ1) is 18.0. The maximum absolute atomic E-state index is 12.2. The second-order valence-electron chi connectivity index (χ2n) is 6.03. The fourth-order valence-corrected chi connectivity index (χ4v) is 3.18. The van der Waals surface area contributed by atoms with Crippen LogP contribution >= 0.6 is 23.2 Å². The van der Waals surface area contributed by atoms with Crippen LogP contribution in [0.5, 0.6) is 5.75 Å². The van der Waals surface area contributed by atoms with Crippen LogP contribution in [0, 0.1) is 0 Å². The molecular weight excluding hydrogens is 363 g/mol. The maximum atomic E-state index is 12.2. The predicted octanol–water partition coefficient (Wildman–Crippen LogP) is 2.51. The summed E-state index contributed by atoms with van der Waals surface area (Å²) < 4.78 is 10.9. The molecule has 132 valence electrons. The normalized spacial score (nSPS) is 14.4. The van der Waals surface area contributed by atoms with E-state index < -0.39 is 0 Å². The van der Waals surface area contributed by atoms with Gasteiger partial charge in [0.1, 0.15) is 12.3 Å². The van der Waals surface area contributed by atoms with Gasteiger partial charge in [0.2, 0.25) is 0 Å². The monoisotopic (exact) mass is 381 g/mol. The molecule has 0 fully saturated rings. The molecule has 0 spiro atoms. The molecule has 5 nitrogen and oxygen atoms in total. The van der Waals surface area contributed by atoms with E-state index in [1.807, 2.05) is 19.2 Å². The van der Waals surface area contributed by atoms with Crippen molar-refractivity contribution in [1.29, 1.82) is 0 Å². The number of fused-ring (bicyclic) bond motifs is 1. The van der Waals surface area contributed by atoms with E-state index in [1.165, 1.54) is 0 Å². The number of carbonyl (C=O) groups excluding carboxylic acids is 1. The minimum Gasteiger partial charge on any atom is -0.467 e. The number of benzene rings is 2. The Morgan fingerprint density at radius 2 is 1.96 bits per heavy atom. The highest BCUT2D eigenvalue weighted by Crippen LogP contribution is 2.31. The molecule has 0 radical (unpaired) electrons. The summed E-state index contributed by atoms with van der Waals surface area (Å²) in [5.74, 6) is 0.744. The van der Waals surface area contributed by atoms with Gasteiger partial charge in [-0.15, -0.1) is 0 Å². The van der Waals surface area contributed by atoms with Gasteiger partial charge in [-0.2, -0.15) is 0 Å². The van der Waals surface area contributed by atoms with Crippen molar-refractivity contribution < 1.29 is 19.2 Å². The van der Waals surface area contributed by atoms with Crippen LogP contribution < -0.4 is 15.0 Å². The van der Waals surface area contributed by atoms with E-state index >= 15 is 0 Å². The number of anilines is 1. The lowest BCUT2D eigenvalue weighted by Crippen LogP contribution is -3.08. The highest BCUT2D eigenvalue weighted by Gasteiger charge is 2.20. The molecule has 0 bridgehead atoms. The molecule has 0 aliphatic carbocycles. The van der Waals surface area contributed by atoms with Gasteiger partial charge in [0, 0.05) is 21.3 Å². The first-order chi connectivity index (χ1) is 12.0. The van der Waals surface area contributed by atoms with Gasteiger partial charge < -0.3 is 19.7 Å². The van der Waals surface area contributed by atoms with Crippen LogP contribution in [0.25, 0.3) is 0 Å². The van der Waals surface area contributed by atoms with Crippen molar-refractivity contribution in [3.63, 3.8) is 0 Å². The summed E-state index contributed by atoms with van der Waals surface area (Å²) in [5, 5.41) is 4.14. The van der Waals surface area contributed by atoms with Crippen molar-refractivity contribution in [1.82, 2.24) is 0 Å². The van der Waals surface area contributed by atoms with Crippen LogP contribution in [0.1, 0.15) is 11.1 Å². The summed E-state index contributed by atoms with van der Waals surface area (Å²) in [7, 11) is 1.95. The summed E-state index contributed by atoms with van der Waals surface area (Å²) in [6, 6.07) is 10.8. The molecule has 0 aromatic heterocycles. The Bertz CT molecular complexity index is 766. The number of rotatable bonds is 5. The Labute approximate surface area is 156 Å². The zero-order valence-corrected chi connectivity index (χ0v) is 15.3. The summed E-state index contributed by atoms with van der Waals surface area (Å²) in [4.78, 5) is 13.2. The zero-order chi connectivity index (χ0) is 17.8. The van der Waals surface area contributed by atoms with Crippen molar-refractivity contribution in [3.05, 3.63) is 57.6 Å². The SMILES string of the molecule is C[NH+](CC(=O)Nc1ccc(Cl)cc1)Cc1cc(Cl)cc2c1OCOC2. The van der Waals surface area contributed by atoms with Crippen LogP contribution in [0.15, 0.2) is 36.4 Å². The molecule has 1 aliphatic rings. The minimum absolute atomic E-state index is 0.0695. The Morgan fingerprint density at radius 3 is 2.72 bits per heavy atom. The number of carbonyl (C=O) groups is 1. The smallest absolute Gasteiger partial charge is 0.279 e. The van der Waals surface area contributed by atoms with Gasteiger partial charge in [0.25, 0.3) is 5.91 Å². The lowest BCUT2D eigenvalue weighted by molar-refractivity contribution is -0.885. The second kappa shape index (κ2) is 8.06. The zero-order valence-electron chi connectivity index (χ0n) is 13.8. The van der Waals surface area contributed by atoms with E-state index in [2.05, 4.69) is 5.32 Å². The van der Waals surface area contributed by atoms with Crippen LogP contribution in [-0.2, 0) is 22.7 Å². The highest BCUT2D eigenvalue weighted by atomic mass is 35.5. The molecule has 7 heteroatoms. The molecule has 1 amide bonds. The van der Waals surface area contributed by atoms with Gasteiger partial charge in [-0.3, -0.25) is 4.79 Å². The number of quaternary nitrogens is 1. The van der Waals surface area contributed by atoms with Gasteiger partial charge in [-0.05, 0) is 36.4 Å². The first-order valence-corrected chi connectivity index (χ1v) is 8.65. The topological polar surface area (TPSA) is 52.0 Å². The summed E-state index contributed by atoms with van der Waals surface area (Å²) in [5.41, 5.74) is 2.64. The molecule has 0 saturated heterocycles. The second-order valence-corrected chi connectivity index (χ2v) is 6.90. The highest BCUT2D eigenvalue weighted by molar-refractivity contribution is 6.31. The quantitative estimate of drug-likeness (QED) is 0.836. The van der Waals surface area contributed by atoms with E-state index in [4.69, 9.17) is 32.7 Å². The van der Waals surface area contributed by atoms with Crippen molar-refractivity contribution in [2.24, 2.45) is 0 Å². The van der Waals surface area contributed by atoms with Gasteiger partial charge in [0.15, 0.2) is 13.3 Å². The van der Waals surface area contributed by atoms with Gasteiger partial charge >= 0.3 is 0 Å². The number of likely N-dealkylation sites (N-methyl/N-ethyl adjacent to an activating group) is 1. The van der Waals surface area contributed by atoms with Crippen molar-refractivity contribution in [2.45, 2.75) is 13.2 Å². The van der Waals surface area contributed by atoms with Gasteiger partial charge in [0.05, 0.1) is 19.2 Å². The summed E-state index contributed by atoms with van der Waals surface area (Å²) in [6.07, 6.45) is 0. The number of amides is 1. The average molecular weight is 382 g/mol. The molecule has 1 unspecified atom stereocenters. The Balaban J connectivity index is 1.62. The predicted molar refractivity (Wildman–Crippen MR) is 97.3 cm³/mol. The van der Waals surface area contributed by atoms with E-state index in [1.54, 1.807) is 24.3 Å². The largest absolute Gasteiger partial charge is 0.467 e. The Hall–Kier alpha value is -1.79. The summed E-state index contributed by atoms with van der Waals surface area (Å²) in [6.45, 7) is 1.66. The molecule has 1 aliphatic heterocycles. The van der Waals surface area contributed by atoms with Gasteiger partial charge in [-0.1, -0.05) is 23.2 Å². The molecule has 2 aromatic carbocycles. The number of ether oxygens (including phenoxy) is 2. The van der Waals surface area contributed by atoms with E-state index in [0.29, 0.717) is 29.7 Å². The average Bonchev–Trinajstić information content (AvgIpc) is 2.56. The third-order valence-electron chi connectivity index (χ3n) is 3.83. The fraction of sp³-hybridized carbons (Fsp3) is 0.278. The fourth-order valence-electron chi connectivity index (χ4n) is 2.79. The molecule has 0 saturated carbocycles. The lowest BCUT2D eigenvalue weighted by Gasteiger charge is -2.22. The van der Waals surface area contributed by atoms with Crippen molar-refractivity contribution in [3.8, 4) is 5.75 Å². The third-order valence-corrected chi connectivity index (χ3v) is 4.30. The number of halogens is 2. The minimum atomic E-state index is -0.0695. The van der Waals surface area contributed by atoms with E-state index in [0.717, 1.165) is 27.5 Å².